The Balaban J connectivity index is 2.29. The summed E-state index contributed by atoms with van der Waals surface area (Å²) in [7, 11) is 1.83. The van der Waals surface area contributed by atoms with Crippen LogP contribution in [0.4, 0.5) is 11.4 Å². The van der Waals surface area contributed by atoms with Crippen molar-refractivity contribution in [3.63, 3.8) is 0 Å². The van der Waals surface area contributed by atoms with Gasteiger partial charge in [0.25, 0.3) is 11.6 Å². The molecule has 1 aromatic carbocycles. The predicted octanol–water partition coefficient (Wildman–Crippen LogP) is 3.56. The fraction of sp³-hybridized carbons (Fsp3) is 0.611. The number of nitro benzene ring substituents is 1. The van der Waals surface area contributed by atoms with Gasteiger partial charge in [0.1, 0.15) is 5.69 Å². The van der Waals surface area contributed by atoms with E-state index in [1.807, 2.05) is 23.8 Å². The monoisotopic (exact) mass is 333 g/mol. The van der Waals surface area contributed by atoms with E-state index < -0.39 is 4.92 Å². The third-order valence-corrected chi connectivity index (χ3v) is 4.55. The van der Waals surface area contributed by atoms with Crippen LogP contribution in [0.1, 0.15) is 44.0 Å². The van der Waals surface area contributed by atoms with Crippen LogP contribution in [0.25, 0.3) is 0 Å². The topological polar surface area (TPSA) is 66.7 Å². The zero-order valence-corrected chi connectivity index (χ0v) is 15.0. The van der Waals surface area contributed by atoms with Crippen molar-refractivity contribution in [1.29, 1.82) is 0 Å². The van der Waals surface area contributed by atoms with Crippen LogP contribution >= 0.6 is 0 Å². The van der Waals surface area contributed by atoms with Gasteiger partial charge >= 0.3 is 0 Å². The van der Waals surface area contributed by atoms with Crippen LogP contribution in [0.2, 0.25) is 0 Å². The quantitative estimate of drug-likeness (QED) is 0.610. The van der Waals surface area contributed by atoms with Gasteiger partial charge in [0.2, 0.25) is 0 Å². The molecule has 6 heteroatoms. The molecule has 1 aromatic rings. The minimum Gasteiger partial charge on any atom is -0.369 e. The molecular formula is C18H27N3O3. The van der Waals surface area contributed by atoms with E-state index in [9.17, 15) is 14.9 Å². The molecule has 0 aromatic heterocycles. The number of nitrogens with zero attached hydrogens (tertiary/aromatic N) is 3. The van der Waals surface area contributed by atoms with E-state index in [1.54, 1.807) is 12.1 Å². The number of anilines is 1. The summed E-state index contributed by atoms with van der Waals surface area (Å²) >= 11 is 0. The molecule has 2 atom stereocenters. The molecule has 1 saturated heterocycles. The lowest BCUT2D eigenvalue weighted by Gasteiger charge is -2.35. The highest BCUT2D eigenvalue weighted by Crippen LogP contribution is 2.30. The van der Waals surface area contributed by atoms with Crippen LogP contribution < -0.4 is 4.90 Å². The Morgan fingerprint density at radius 3 is 2.50 bits per heavy atom. The molecule has 1 aliphatic rings. The Labute approximate surface area is 143 Å². The number of nitro groups is 1. The summed E-state index contributed by atoms with van der Waals surface area (Å²) in [5.74, 6) is 0.812. The van der Waals surface area contributed by atoms with E-state index in [-0.39, 0.29) is 11.6 Å². The zero-order valence-electron chi connectivity index (χ0n) is 15.0. The second kappa shape index (κ2) is 7.64. The van der Waals surface area contributed by atoms with Crippen LogP contribution in [0, 0.1) is 22.0 Å². The molecule has 132 valence electrons. The number of rotatable bonds is 5. The van der Waals surface area contributed by atoms with Crippen LogP contribution in [0.3, 0.4) is 0 Å². The van der Waals surface area contributed by atoms with Crippen LogP contribution in [-0.4, -0.2) is 42.4 Å². The van der Waals surface area contributed by atoms with Crippen molar-refractivity contribution in [2.75, 3.05) is 31.6 Å². The average Bonchev–Trinajstić information content (AvgIpc) is 2.52. The van der Waals surface area contributed by atoms with E-state index in [0.717, 1.165) is 19.4 Å². The van der Waals surface area contributed by atoms with Gasteiger partial charge in [-0.05, 0) is 36.8 Å². The number of likely N-dealkylation sites (tertiary alicyclic amines) is 1. The molecular weight excluding hydrogens is 306 g/mol. The lowest BCUT2D eigenvalue weighted by molar-refractivity contribution is -0.384. The molecule has 2 unspecified atom stereocenters. The molecule has 6 nitrogen and oxygen atoms in total. The lowest BCUT2D eigenvalue weighted by Crippen LogP contribution is -2.42. The third-order valence-electron chi connectivity index (χ3n) is 4.55. The van der Waals surface area contributed by atoms with Crippen molar-refractivity contribution >= 4 is 17.3 Å². The molecule has 0 spiro atoms. The number of piperidine rings is 1. The van der Waals surface area contributed by atoms with E-state index in [1.165, 1.54) is 6.07 Å². The number of amides is 1. The highest BCUT2D eigenvalue weighted by atomic mass is 16.6. The van der Waals surface area contributed by atoms with Gasteiger partial charge in [-0.1, -0.05) is 20.8 Å². The molecule has 0 bridgehead atoms. The smallest absolute Gasteiger partial charge is 0.293 e. The van der Waals surface area contributed by atoms with Crippen molar-refractivity contribution in [2.45, 2.75) is 33.6 Å². The molecule has 1 amide bonds. The molecule has 0 N–H and O–H groups in total. The zero-order chi connectivity index (χ0) is 17.9. The van der Waals surface area contributed by atoms with Crippen molar-refractivity contribution in [2.24, 2.45) is 11.8 Å². The fourth-order valence-corrected chi connectivity index (χ4v) is 3.59. The Kier molecular flexibility index (Phi) is 5.80. The minimum absolute atomic E-state index is 0.00472. The first-order valence-electron chi connectivity index (χ1n) is 8.62. The first-order valence-corrected chi connectivity index (χ1v) is 8.62. The Hall–Kier alpha value is -2.11. The van der Waals surface area contributed by atoms with Gasteiger partial charge in [-0.3, -0.25) is 14.9 Å². The van der Waals surface area contributed by atoms with Crippen LogP contribution in [-0.2, 0) is 0 Å². The summed E-state index contributed by atoms with van der Waals surface area (Å²) in [5.41, 5.74) is 0.949. The highest BCUT2D eigenvalue weighted by molar-refractivity contribution is 5.96. The van der Waals surface area contributed by atoms with E-state index in [4.69, 9.17) is 0 Å². The third kappa shape index (κ3) is 4.04. The summed E-state index contributed by atoms with van der Waals surface area (Å²) in [5, 5.41) is 11.4. The summed E-state index contributed by atoms with van der Waals surface area (Å²) in [6.45, 7) is 8.47. The van der Waals surface area contributed by atoms with Crippen molar-refractivity contribution in [3.05, 3.63) is 33.9 Å². The SMILES string of the molecule is CCCN(C)c1ccc(C(=O)N2CC(C)CC(C)C2)cc1[N+](=O)[O-]. The Morgan fingerprint density at radius 2 is 1.96 bits per heavy atom. The largest absolute Gasteiger partial charge is 0.369 e. The fourth-order valence-electron chi connectivity index (χ4n) is 3.59. The molecule has 0 saturated carbocycles. The number of benzene rings is 1. The summed E-state index contributed by atoms with van der Waals surface area (Å²) in [4.78, 5) is 27.5. The first kappa shape index (κ1) is 18.2. The Bertz CT molecular complexity index is 608. The maximum Gasteiger partial charge on any atom is 0.293 e. The number of carbonyl (C=O) groups is 1. The highest BCUT2D eigenvalue weighted by Gasteiger charge is 2.28. The van der Waals surface area contributed by atoms with Gasteiger partial charge in [0.05, 0.1) is 4.92 Å². The second-order valence-electron chi connectivity index (χ2n) is 7.04. The summed E-state index contributed by atoms with van der Waals surface area (Å²) in [6, 6.07) is 4.83. The van der Waals surface area contributed by atoms with Gasteiger partial charge in [0, 0.05) is 38.3 Å². The second-order valence-corrected chi connectivity index (χ2v) is 7.04. The maximum atomic E-state index is 12.8. The predicted molar refractivity (Wildman–Crippen MR) is 95.5 cm³/mol. The minimum atomic E-state index is -0.403. The number of hydrogen-bond acceptors (Lipinski definition) is 4. The van der Waals surface area contributed by atoms with Crippen molar-refractivity contribution < 1.29 is 9.72 Å². The lowest BCUT2D eigenvalue weighted by atomic mass is 9.91. The normalized spacial score (nSPS) is 20.8. The molecule has 1 heterocycles. The molecule has 1 aliphatic heterocycles. The van der Waals surface area contributed by atoms with Gasteiger partial charge in [-0.2, -0.15) is 0 Å². The maximum absolute atomic E-state index is 12.8. The number of hydrogen-bond donors (Lipinski definition) is 0. The number of carbonyl (C=O) groups excluding carboxylic acids is 1. The standard InChI is InChI=1S/C18H27N3O3/c1-5-8-19(4)16-7-6-15(10-17(16)21(23)24)18(22)20-11-13(2)9-14(3)12-20/h6-7,10,13-14H,5,8-9,11-12H2,1-4H3. The average molecular weight is 333 g/mol. The van der Waals surface area contributed by atoms with E-state index >= 15 is 0 Å². The molecule has 1 fully saturated rings. The van der Waals surface area contributed by atoms with Gasteiger partial charge in [-0.15, -0.1) is 0 Å². The molecule has 0 aliphatic carbocycles. The van der Waals surface area contributed by atoms with E-state index in [2.05, 4.69) is 13.8 Å². The van der Waals surface area contributed by atoms with Crippen molar-refractivity contribution in [3.8, 4) is 0 Å². The molecule has 0 radical (unpaired) electrons. The summed E-state index contributed by atoms with van der Waals surface area (Å²) in [6.07, 6.45) is 2.02. The van der Waals surface area contributed by atoms with Crippen molar-refractivity contribution in [1.82, 2.24) is 4.90 Å². The molecule has 2 rings (SSSR count). The molecule has 24 heavy (non-hydrogen) atoms. The Morgan fingerprint density at radius 1 is 1.33 bits per heavy atom. The van der Waals surface area contributed by atoms with Crippen LogP contribution in [0.15, 0.2) is 18.2 Å². The summed E-state index contributed by atoms with van der Waals surface area (Å²) < 4.78 is 0. The van der Waals surface area contributed by atoms with Gasteiger partial charge < -0.3 is 9.80 Å². The van der Waals surface area contributed by atoms with Gasteiger partial charge in [-0.25, -0.2) is 0 Å². The van der Waals surface area contributed by atoms with Crippen LogP contribution in [0.5, 0.6) is 0 Å². The van der Waals surface area contributed by atoms with E-state index in [0.29, 0.717) is 36.2 Å². The first-order chi connectivity index (χ1) is 11.3. The van der Waals surface area contributed by atoms with Gasteiger partial charge in [0.15, 0.2) is 0 Å².